The number of nitrogens with two attached hydrogens (primary N) is 3. The number of aliphatic imine (C=N–C) groups is 1. The highest BCUT2D eigenvalue weighted by atomic mass is 16.3. The predicted octanol–water partition coefficient (Wildman–Crippen LogP) is 6.19. The lowest BCUT2D eigenvalue weighted by molar-refractivity contribution is -0.181. The molecule has 4 bridgehead atoms. The molecule has 3 fully saturated rings. The Labute approximate surface area is 467 Å². The van der Waals surface area contributed by atoms with Gasteiger partial charge in [-0.05, 0) is 172 Å². The van der Waals surface area contributed by atoms with Gasteiger partial charge in [-0.3, -0.25) is 19.9 Å². The van der Waals surface area contributed by atoms with Gasteiger partial charge in [0.05, 0.1) is 30.5 Å². The Morgan fingerprint density at radius 2 is 1.72 bits per heavy atom. The summed E-state index contributed by atoms with van der Waals surface area (Å²) in [5.74, 6) is -2.69. The van der Waals surface area contributed by atoms with E-state index in [1.807, 2.05) is 67.6 Å². The maximum atomic E-state index is 15.2. The molecule has 15 heteroatoms. The van der Waals surface area contributed by atoms with E-state index in [9.17, 15) is 35.4 Å². The second kappa shape index (κ2) is 25.8. The van der Waals surface area contributed by atoms with E-state index >= 15 is 4.79 Å². The molecule has 0 aromatic heterocycles. The molecule has 1 amide bonds. The fraction of sp³-hybridized carbons (Fsp3) is 0.516. The third-order valence-corrected chi connectivity index (χ3v) is 18.5. The zero-order valence-corrected chi connectivity index (χ0v) is 46.7. The monoisotopic (exact) mass is 1080 g/mol. The molecule has 3 aromatic rings. The number of aromatic hydroxyl groups is 1. The van der Waals surface area contributed by atoms with Crippen LogP contribution in [0.3, 0.4) is 0 Å². The van der Waals surface area contributed by atoms with E-state index < -0.39 is 71.1 Å². The average Bonchev–Trinajstić information content (AvgIpc) is 3.75. The van der Waals surface area contributed by atoms with Crippen LogP contribution in [0.5, 0.6) is 5.75 Å². The zero-order chi connectivity index (χ0) is 56.8. The molecule has 0 saturated heterocycles. The Balaban J connectivity index is 1.21. The molecule has 8 rings (SSSR count). The van der Waals surface area contributed by atoms with E-state index in [1.54, 1.807) is 24.3 Å². The van der Waals surface area contributed by atoms with Crippen LogP contribution in [0.4, 0.5) is 0 Å². The summed E-state index contributed by atoms with van der Waals surface area (Å²) < 4.78 is 0. The number of likely N-dealkylation sites (N-methyl/N-ethyl adjacent to an activating group) is 1. The summed E-state index contributed by atoms with van der Waals surface area (Å²) in [6, 6.07) is 19.2. The third-order valence-electron chi connectivity index (χ3n) is 18.5. The van der Waals surface area contributed by atoms with Crippen LogP contribution in [0.2, 0.25) is 0 Å². The number of rotatable bonds is 13. The Morgan fingerprint density at radius 1 is 0.987 bits per heavy atom. The van der Waals surface area contributed by atoms with Gasteiger partial charge in [-0.25, -0.2) is 0 Å². The van der Waals surface area contributed by atoms with Gasteiger partial charge in [0.15, 0.2) is 11.7 Å². The SMILES string of the molecule is C=C(C=CC=C(CO)C1C2CCCC3(O)CCC4=C(C)C(=O)Cc5cccc6c5C(NCC(O)C(C(CN=C(N)N)c5ccc(O)cc5)Cc5cccc(c5)CC(O)CCC4C3(C2)C1O)C(=O)NC6N)C(CC=C(C)C)NCC. The minimum atomic E-state index is -1.30. The molecule has 1 spiro atoms. The van der Waals surface area contributed by atoms with Gasteiger partial charge in [0, 0.05) is 42.8 Å². The smallest absolute Gasteiger partial charge is 0.243 e. The number of guanidine groups is 1. The first-order valence-corrected chi connectivity index (χ1v) is 28.6. The van der Waals surface area contributed by atoms with Crippen molar-refractivity contribution in [3.63, 3.8) is 0 Å². The van der Waals surface area contributed by atoms with E-state index in [0.29, 0.717) is 79.2 Å². The molecule has 79 heavy (non-hydrogen) atoms. The Morgan fingerprint density at radius 3 is 2.43 bits per heavy atom. The highest BCUT2D eigenvalue weighted by molar-refractivity contribution is 5.98. The number of aliphatic hydroxyl groups excluding tert-OH is 4. The van der Waals surface area contributed by atoms with Crippen LogP contribution in [0.15, 0.2) is 130 Å². The Kier molecular flexibility index (Phi) is 19.4. The molecule has 426 valence electrons. The van der Waals surface area contributed by atoms with Gasteiger partial charge in [0.2, 0.25) is 5.91 Å². The minimum absolute atomic E-state index is 0.0297. The van der Waals surface area contributed by atoms with E-state index in [0.717, 1.165) is 53.6 Å². The van der Waals surface area contributed by atoms with Gasteiger partial charge < -0.3 is 58.5 Å². The summed E-state index contributed by atoms with van der Waals surface area (Å²) in [5.41, 5.74) is 24.6. The predicted molar refractivity (Wildman–Crippen MR) is 310 cm³/mol. The first-order valence-electron chi connectivity index (χ1n) is 28.6. The number of nitrogens with one attached hydrogen (secondary N) is 3. The molecule has 0 radical (unpaired) electrons. The lowest BCUT2D eigenvalue weighted by Gasteiger charge is -2.57. The number of carbonyl (C=O) groups excluding carboxylic acids is 2. The maximum absolute atomic E-state index is 15.2. The van der Waals surface area contributed by atoms with E-state index in [4.69, 9.17) is 17.2 Å². The number of phenolic OH excluding ortho intramolecular Hbond substituents is 1. The number of ketones is 1. The molecular weight excluding hydrogens is 995 g/mol. The summed E-state index contributed by atoms with van der Waals surface area (Å²) in [6.45, 7) is 13.0. The van der Waals surface area contributed by atoms with Crippen LogP contribution in [-0.4, -0.2) is 104 Å². The molecule has 3 saturated carbocycles. The molecule has 5 aliphatic rings. The number of β-amino-alcohol motifs (C(OH)–C–C–N with tert-alkyl or cyclic N) is 1. The maximum Gasteiger partial charge on any atom is 0.243 e. The number of phenols is 1. The third kappa shape index (κ3) is 12.9. The van der Waals surface area contributed by atoms with Crippen LogP contribution in [0.25, 0.3) is 0 Å². The van der Waals surface area contributed by atoms with Crippen molar-refractivity contribution >= 4 is 17.6 Å². The van der Waals surface area contributed by atoms with Crippen molar-refractivity contribution in [2.24, 2.45) is 51.3 Å². The lowest BCUT2D eigenvalue weighted by Crippen LogP contribution is -2.61. The van der Waals surface area contributed by atoms with E-state index in [-0.39, 0.29) is 55.6 Å². The zero-order valence-electron chi connectivity index (χ0n) is 46.7. The molecule has 15 nitrogen and oxygen atoms in total. The first kappa shape index (κ1) is 59.4. The van der Waals surface area contributed by atoms with Gasteiger partial charge in [-0.1, -0.05) is 110 Å². The quantitative estimate of drug-likeness (QED) is 0.0395. The number of nitrogens with zero attached hydrogens (tertiary/aromatic N) is 1. The van der Waals surface area contributed by atoms with Crippen molar-refractivity contribution in [1.29, 1.82) is 0 Å². The molecule has 2 heterocycles. The second-order valence-electron chi connectivity index (χ2n) is 23.6. The van der Waals surface area contributed by atoms with Gasteiger partial charge in [0.25, 0.3) is 0 Å². The largest absolute Gasteiger partial charge is 0.508 e. The van der Waals surface area contributed by atoms with Crippen LogP contribution in [-0.2, 0) is 28.9 Å². The fourth-order valence-corrected chi connectivity index (χ4v) is 14.6. The van der Waals surface area contributed by atoms with Crippen LogP contribution in [0.1, 0.15) is 137 Å². The summed E-state index contributed by atoms with van der Waals surface area (Å²) in [4.78, 5) is 33.8. The normalized spacial score (nSPS) is 30.5. The van der Waals surface area contributed by atoms with Crippen molar-refractivity contribution in [3.05, 3.63) is 159 Å². The topological polar surface area (TPSA) is 282 Å². The van der Waals surface area contributed by atoms with E-state index in [2.05, 4.69) is 54.4 Å². The average molecular weight is 1080 g/mol. The van der Waals surface area contributed by atoms with Crippen LogP contribution in [0, 0.1) is 29.1 Å². The Hall–Kier alpha value is -5.75. The summed E-state index contributed by atoms with van der Waals surface area (Å²) >= 11 is 0. The lowest BCUT2D eigenvalue weighted by atomic mass is 9.51. The molecular formula is C64H87N7O8. The molecule has 3 aliphatic carbocycles. The van der Waals surface area contributed by atoms with Gasteiger partial charge in [-0.2, -0.15) is 0 Å². The van der Waals surface area contributed by atoms with Crippen molar-refractivity contribution < 1.29 is 40.2 Å². The number of carbonyl (C=O) groups is 2. The van der Waals surface area contributed by atoms with Crippen molar-refractivity contribution in [3.8, 4) is 5.75 Å². The van der Waals surface area contributed by atoms with Crippen molar-refractivity contribution in [2.75, 3.05) is 26.2 Å². The van der Waals surface area contributed by atoms with Gasteiger partial charge in [0.1, 0.15) is 18.0 Å². The molecule has 13 unspecified atom stereocenters. The van der Waals surface area contributed by atoms with Crippen molar-refractivity contribution in [2.45, 2.75) is 153 Å². The second-order valence-corrected chi connectivity index (χ2v) is 23.6. The first-order chi connectivity index (χ1) is 37.8. The summed E-state index contributed by atoms with van der Waals surface area (Å²) in [5, 5.41) is 82.4. The number of benzene rings is 3. The highest BCUT2D eigenvalue weighted by Gasteiger charge is 2.68. The number of fused-ring (bicyclic) bond motifs is 4. The number of amides is 1. The van der Waals surface area contributed by atoms with Crippen LogP contribution < -0.4 is 33.2 Å². The fourth-order valence-electron chi connectivity index (χ4n) is 14.6. The number of aliphatic hydroxyl groups is 5. The minimum Gasteiger partial charge on any atom is -0.508 e. The van der Waals surface area contributed by atoms with Gasteiger partial charge >= 0.3 is 0 Å². The number of allylic oxidation sites excluding steroid dienone is 5. The summed E-state index contributed by atoms with van der Waals surface area (Å²) in [6.07, 6.45) is 9.36. The molecule has 2 aliphatic heterocycles. The number of hydrogen-bond acceptors (Lipinski definition) is 12. The standard InChI is InChI=1S/C64H87N7O8/c1-6-68-53(25-18-37(2)3)38(4)11-7-15-45(36-72)56-44-16-10-27-63(79)28-26-48-39(5)54(75)32-43-14-9-17-49-57(43)58(61(78)71-60(49)65)69-35-55(76)50(51(34-70-62(66)67)42-19-21-46(73)22-20-42)31-41-13-8-12-40(29-41)30-47(74)23-24-52(48)64(63,33-44)59(56)77/h7-9,11-15,17-22,29,44,47,50-53,55-56,58-60,68-69,72-74,76-77,79H,4,6,10,16,23-28,30-36,65H2,1-3,5H3,(H,71,78)(H4,66,67,70). The van der Waals surface area contributed by atoms with Crippen molar-refractivity contribution in [1.82, 2.24) is 16.0 Å². The highest BCUT2D eigenvalue weighted by Crippen LogP contribution is 2.68. The number of Topliss-reactive ketones (excluding diaryl/α,β-unsaturated/α-hetero) is 1. The number of hydrogen-bond donors (Lipinski definition) is 12. The molecule has 15 N–H and O–H groups in total. The summed E-state index contributed by atoms with van der Waals surface area (Å²) in [7, 11) is 0. The van der Waals surface area contributed by atoms with Crippen LogP contribution >= 0.6 is 0 Å². The van der Waals surface area contributed by atoms with E-state index in [1.165, 1.54) is 5.57 Å². The van der Waals surface area contributed by atoms with Gasteiger partial charge in [-0.15, -0.1) is 0 Å². The molecule has 13 atom stereocenters. The Bertz CT molecular complexity index is 2830. The molecule has 3 aromatic carbocycles.